The number of nitrogens with one attached hydrogen (secondary N) is 1. The Hall–Kier alpha value is -1.00. The second-order valence-corrected chi connectivity index (χ2v) is 7.85. The van der Waals surface area contributed by atoms with Crippen molar-refractivity contribution in [1.82, 2.24) is 5.32 Å². The van der Waals surface area contributed by atoms with Gasteiger partial charge in [-0.15, -0.1) is 11.8 Å². The molecule has 1 aromatic rings. The zero-order chi connectivity index (χ0) is 15.6. The first-order valence-electron chi connectivity index (χ1n) is 7.64. The maximum absolute atomic E-state index is 11.9. The van der Waals surface area contributed by atoms with Crippen molar-refractivity contribution in [2.75, 3.05) is 0 Å². The molecule has 1 saturated carbocycles. The van der Waals surface area contributed by atoms with Crippen LogP contribution in [-0.4, -0.2) is 22.7 Å². The molecule has 116 valence electrons. The Morgan fingerprint density at radius 1 is 1.38 bits per heavy atom. The smallest absolute Gasteiger partial charge is 0.237 e. The van der Waals surface area contributed by atoms with Gasteiger partial charge in [-0.1, -0.05) is 6.07 Å². The van der Waals surface area contributed by atoms with Crippen LogP contribution in [-0.2, 0) is 4.79 Å². The lowest BCUT2D eigenvalue weighted by Crippen LogP contribution is -2.56. The minimum absolute atomic E-state index is 0.209. The average Bonchev–Trinajstić information content (AvgIpc) is 2.77. The lowest BCUT2D eigenvalue weighted by atomic mass is 9.96. The molecule has 0 aliphatic heterocycles. The number of primary amides is 1. The van der Waals surface area contributed by atoms with Crippen LogP contribution < -0.4 is 11.1 Å². The molecule has 1 fully saturated rings. The van der Waals surface area contributed by atoms with Gasteiger partial charge in [0.05, 0.1) is 5.54 Å². The molecule has 2 unspecified atom stereocenters. The predicted molar refractivity (Wildman–Crippen MR) is 89.6 cm³/mol. The number of carbonyl (C=O) groups is 1. The fraction of sp³-hybridized carbons (Fsp3) is 0.588. The quantitative estimate of drug-likeness (QED) is 0.878. The van der Waals surface area contributed by atoms with Crippen LogP contribution in [0.4, 0.5) is 0 Å². The highest BCUT2D eigenvalue weighted by molar-refractivity contribution is 8.00. The number of rotatable bonds is 5. The molecule has 1 aliphatic rings. The molecule has 0 heterocycles. The van der Waals surface area contributed by atoms with Crippen LogP contribution in [0.5, 0.6) is 0 Å². The highest BCUT2D eigenvalue weighted by Crippen LogP contribution is 2.40. The Bertz CT molecular complexity index is 530. The summed E-state index contributed by atoms with van der Waals surface area (Å²) in [4.78, 5) is 13.2. The fourth-order valence-corrected chi connectivity index (χ4v) is 4.44. The molecule has 0 spiro atoms. The second kappa shape index (κ2) is 6.41. The van der Waals surface area contributed by atoms with Crippen molar-refractivity contribution in [3.8, 4) is 0 Å². The van der Waals surface area contributed by atoms with E-state index in [9.17, 15) is 4.79 Å². The molecule has 21 heavy (non-hydrogen) atoms. The van der Waals surface area contributed by atoms with Gasteiger partial charge >= 0.3 is 0 Å². The topological polar surface area (TPSA) is 55.1 Å². The maximum atomic E-state index is 11.9. The molecule has 3 N–H and O–H groups in total. The summed E-state index contributed by atoms with van der Waals surface area (Å²) in [5.41, 5.74) is 7.78. The average molecular weight is 306 g/mol. The van der Waals surface area contributed by atoms with Crippen LogP contribution in [0.2, 0.25) is 0 Å². The lowest BCUT2D eigenvalue weighted by Gasteiger charge is -2.29. The third kappa shape index (κ3) is 3.80. The van der Waals surface area contributed by atoms with Crippen molar-refractivity contribution in [3.05, 3.63) is 29.3 Å². The summed E-state index contributed by atoms with van der Waals surface area (Å²) in [6.07, 6.45) is 2.68. The van der Waals surface area contributed by atoms with E-state index >= 15 is 0 Å². The van der Waals surface area contributed by atoms with E-state index in [2.05, 4.69) is 51.2 Å². The minimum Gasteiger partial charge on any atom is -0.368 e. The number of hydrogen-bond acceptors (Lipinski definition) is 3. The van der Waals surface area contributed by atoms with E-state index in [1.165, 1.54) is 16.0 Å². The SMILES string of the molecule is Cc1ccc(SC2CCC(NC(C)C)(C(N)=O)C2)cc1C. The largest absolute Gasteiger partial charge is 0.368 e. The Morgan fingerprint density at radius 2 is 2.10 bits per heavy atom. The molecule has 1 aromatic carbocycles. The van der Waals surface area contributed by atoms with Gasteiger partial charge in [-0.25, -0.2) is 0 Å². The molecule has 0 aromatic heterocycles. The Morgan fingerprint density at radius 3 is 2.67 bits per heavy atom. The van der Waals surface area contributed by atoms with E-state index in [1.54, 1.807) is 0 Å². The van der Waals surface area contributed by atoms with Gasteiger partial charge in [0.1, 0.15) is 0 Å². The molecule has 0 saturated heterocycles. The van der Waals surface area contributed by atoms with Crippen molar-refractivity contribution in [3.63, 3.8) is 0 Å². The van der Waals surface area contributed by atoms with Crippen molar-refractivity contribution < 1.29 is 4.79 Å². The highest BCUT2D eigenvalue weighted by atomic mass is 32.2. The number of benzene rings is 1. The third-order valence-corrected chi connectivity index (χ3v) is 5.55. The number of aryl methyl sites for hydroxylation is 2. The summed E-state index contributed by atoms with van der Waals surface area (Å²) < 4.78 is 0. The molecule has 3 nitrogen and oxygen atoms in total. The standard InChI is InChI=1S/C17H26N2OS/c1-11(2)19-17(16(18)20)8-7-15(10-17)21-14-6-5-12(3)13(4)9-14/h5-6,9,11,15,19H,7-8,10H2,1-4H3,(H2,18,20). The van der Waals surface area contributed by atoms with Crippen LogP contribution in [0.1, 0.15) is 44.2 Å². The van der Waals surface area contributed by atoms with Gasteiger partial charge in [0.25, 0.3) is 0 Å². The van der Waals surface area contributed by atoms with Gasteiger partial charge in [0, 0.05) is 16.2 Å². The molecule has 4 heteroatoms. The molecule has 2 rings (SSSR count). The van der Waals surface area contributed by atoms with E-state index in [4.69, 9.17) is 5.73 Å². The molecule has 1 amide bonds. The van der Waals surface area contributed by atoms with Crippen molar-refractivity contribution in [2.45, 2.75) is 68.7 Å². The maximum Gasteiger partial charge on any atom is 0.237 e. The van der Waals surface area contributed by atoms with Gasteiger partial charge in [-0.05, 0) is 70.2 Å². The Balaban J connectivity index is 2.06. The van der Waals surface area contributed by atoms with Gasteiger partial charge in [0.2, 0.25) is 5.91 Å². The summed E-state index contributed by atoms with van der Waals surface area (Å²) in [6.45, 7) is 8.40. The number of nitrogens with two attached hydrogens (primary N) is 1. The van der Waals surface area contributed by atoms with E-state index < -0.39 is 5.54 Å². The number of hydrogen-bond donors (Lipinski definition) is 2. The summed E-state index contributed by atoms with van der Waals surface area (Å²) in [5.74, 6) is -0.209. The molecular formula is C17H26N2OS. The van der Waals surface area contributed by atoms with Gasteiger partial charge in [0.15, 0.2) is 0 Å². The van der Waals surface area contributed by atoms with Gasteiger partial charge in [-0.2, -0.15) is 0 Å². The van der Waals surface area contributed by atoms with Gasteiger partial charge in [-0.3, -0.25) is 4.79 Å². The number of thioether (sulfide) groups is 1. The first-order valence-corrected chi connectivity index (χ1v) is 8.52. The monoisotopic (exact) mass is 306 g/mol. The van der Waals surface area contributed by atoms with Crippen molar-refractivity contribution in [1.29, 1.82) is 0 Å². The summed E-state index contributed by atoms with van der Waals surface area (Å²) >= 11 is 1.87. The van der Waals surface area contributed by atoms with Crippen LogP contribution in [0.25, 0.3) is 0 Å². The summed E-state index contributed by atoms with van der Waals surface area (Å²) in [5, 5.41) is 3.85. The van der Waals surface area contributed by atoms with Crippen molar-refractivity contribution >= 4 is 17.7 Å². The third-order valence-electron chi connectivity index (χ3n) is 4.29. The summed E-state index contributed by atoms with van der Waals surface area (Å²) in [7, 11) is 0. The predicted octanol–water partition coefficient (Wildman–Crippen LogP) is 3.17. The second-order valence-electron chi connectivity index (χ2n) is 6.47. The molecule has 2 atom stereocenters. The highest BCUT2D eigenvalue weighted by Gasteiger charge is 2.44. The minimum atomic E-state index is -0.522. The molecular weight excluding hydrogens is 280 g/mol. The first kappa shape index (κ1) is 16.4. The molecule has 1 aliphatic carbocycles. The molecule has 0 radical (unpaired) electrons. The van der Waals surface area contributed by atoms with Gasteiger partial charge < -0.3 is 11.1 Å². The van der Waals surface area contributed by atoms with Crippen LogP contribution in [0, 0.1) is 13.8 Å². The molecule has 0 bridgehead atoms. The normalized spacial score (nSPS) is 25.5. The Kier molecular flexibility index (Phi) is 4.99. The summed E-state index contributed by atoms with van der Waals surface area (Å²) in [6, 6.07) is 6.84. The fourth-order valence-electron chi connectivity index (χ4n) is 3.06. The van der Waals surface area contributed by atoms with E-state index in [0.717, 1.165) is 19.3 Å². The van der Waals surface area contributed by atoms with E-state index in [1.807, 2.05) is 11.8 Å². The van der Waals surface area contributed by atoms with Crippen LogP contribution in [0.15, 0.2) is 23.1 Å². The van der Waals surface area contributed by atoms with Crippen LogP contribution >= 0.6 is 11.8 Å². The zero-order valence-electron chi connectivity index (χ0n) is 13.4. The zero-order valence-corrected chi connectivity index (χ0v) is 14.2. The lowest BCUT2D eigenvalue weighted by molar-refractivity contribution is -0.124. The van der Waals surface area contributed by atoms with E-state index in [-0.39, 0.29) is 11.9 Å². The van der Waals surface area contributed by atoms with Crippen LogP contribution in [0.3, 0.4) is 0 Å². The van der Waals surface area contributed by atoms with Crippen molar-refractivity contribution in [2.24, 2.45) is 5.73 Å². The van der Waals surface area contributed by atoms with E-state index in [0.29, 0.717) is 5.25 Å². The number of amides is 1. The number of carbonyl (C=O) groups excluding carboxylic acids is 1. The Labute approximate surface area is 132 Å². The first-order chi connectivity index (χ1) is 9.82.